The van der Waals surface area contributed by atoms with Crippen LogP contribution in [0.15, 0.2) is 18.2 Å². The molecule has 0 aliphatic carbocycles. The van der Waals surface area contributed by atoms with Crippen molar-refractivity contribution in [1.29, 1.82) is 0 Å². The molecule has 0 unspecified atom stereocenters. The van der Waals surface area contributed by atoms with Crippen molar-refractivity contribution in [2.24, 2.45) is 0 Å². The summed E-state index contributed by atoms with van der Waals surface area (Å²) in [6, 6.07) is 4.45. The van der Waals surface area contributed by atoms with Crippen molar-refractivity contribution in [2.75, 3.05) is 26.7 Å². The number of likely N-dealkylation sites (N-methyl/N-ethyl adjacent to an activating group) is 1. The van der Waals surface area contributed by atoms with Crippen LogP contribution in [0.1, 0.15) is 33.3 Å². The number of rotatable bonds is 10. The van der Waals surface area contributed by atoms with Gasteiger partial charge < -0.3 is 20.1 Å². The smallest absolute Gasteiger partial charge is 0.387 e. The van der Waals surface area contributed by atoms with Crippen molar-refractivity contribution in [3.8, 4) is 11.5 Å². The maximum Gasteiger partial charge on any atom is 0.387 e. The molecule has 2 amide bonds. The number of methoxy groups -OCH3 is 1. The Bertz CT molecular complexity index is 663. The topological polar surface area (TPSA) is 79.9 Å². The number of benzene rings is 1. The molecule has 0 radical (unpaired) electrons. The molecule has 0 aromatic heterocycles. The van der Waals surface area contributed by atoms with Crippen LogP contribution in [-0.4, -0.2) is 55.6 Å². The third-order valence-corrected chi connectivity index (χ3v) is 3.63. The summed E-state index contributed by atoms with van der Waals surface area (Å²) in [5.41, 5.74) is 0.332. The van der Waals surface area contributed by atoms with Crippen LogP contribution in [0.3, 0.4) is 0 Å². The minimum absolute atomic E-state index is 0.0672. The highest BCUT2D eigenvalue weighted by molar-refractivity contribution is 5.81. The second-order valence-corrected chi connectivity index (χ2v) is 7.24. The number of alkyl halides is 2. The van der Waals surface area contributed by atoms with E-state index < -0.39 is 6.61 Å². The molecule has 0 aliphatic rings. The van der Waals surface area contributed by atoms with Gasteiger partial charge in [0.2, 0.25) is 11.8 Å². The van der Waals surface area contributed by atoms with Crippen molar-refractivity contribution in [2.45, 2.75) is 46.4 Å². The zero-order chi connectivity index (χ0) is 21.3. The highest BCUT2D eigenvalue weighted by atomic mass is 19.3. The van der Waals surface area contributed by atoms with E-state index in [1.165, 1.54) is 19.2 Å². The van der Waals surface area contributed by atoms with Crippen LogP contribution < -0.4 is 20.1 Å². The molecule has 1 aromatic carbocycles. The lowest BCUT2D eigenvalue weighted by atomic mass is 10.1. The summed E-state index contributed by atoms with van der Waals surface area (Å²) in [5, 5.41) is 5.59. The Morgan fingerprint density at radius 1 is 1.14 bits per heavy atom. The fourth-order valence-electron chi connectivity index (χ4n) is 2.42. The summed E-state index contributed by atoms with van der Waals surface area (Å²) in [5.74, 6) is -0.325. The molecular formula is C19H29F2N3O4. The number of hydrogen-bond acceptors (Lipinski definition) is 5. The van der Waals surface area contributed by atoms with Crippen LogP contribution >= 0.6 is 0 Å². The second kappa shape index (κ2) is 10.8. The summed E-state index contributed by atoms with van der Waals surface area (Å²) in [7, 11) is 1.35. The maximum absolute atomic E-state index is 12.4. The average Bonchev–Trinajstić information content (AvgIpc) is 2.58. The Hall–Kier alpha value is -2.42. The van der Waals surface area contributed by atoms with Gasteiger partial charge in [0.25, 0.3) is 0 Å². The molecule has 28 heavy (non-hydrogen) atoms. The second-order valence-electron chi connectivity index (χ2n) is 7.24. The highest BCUT2D eigenvalue weighted by Crippen LogP contribution is 2.29. The number of carbonyl (C=O) groups excluding carboxylic acids is 2. The van der Waals surface area contributed by atoms with Crippen LogP contribution in [0, 0.1) is 0 Å². The van der Waals surface area contributed by atoms with E-state index in [0.717, 1.165) is 0 Å². The maximum atomic E-state index is 12.4. The van der Waals surface area contributed by atoms with E-state index in [2.05, 4.69) is 15.4 Å². The molecule has 0 aliphatic heterocycles. The van der Waals surface area contributed by atoms with Crippen LogP contribution in [0.4, 0.5) is 8.78 Å². The third-order valence-electron chi connectivity index (χ3n) is 3.63. The molecule has 2 N–H and O–H groups in total. The van der Waals surface area contributed by atoms with Crippen molar-refractivity contribution in [3.63, 3.8) is 0 Å². The summed E-state index contributed by atoms with van der Waals surface area (Å²) in [6.45, 7) is 5.50. The molecule has 1 rings (SSSR count). The predicted octanol–water partition coefficient (Wildman–Crippen LogP) is 2.15. The van der Waals surface area contributed by atoms with Crippen LogP contribution in [0.25, 0.3) is 0 Å². The summed E-state index contributed by atoms with van der Waals surface area (Å²) < 4.78 is 34.1. The molecule has 158 valence electrons. The normalized spacial score (nSPS) is 11.5. The molecule has 0 saturated heterocycles. The molecule has 1 aromatic rings. The molecule has 7 nitrogen and oxygen atoms in total. The Kier molecular flexibility index (Phi) is 9.11. The van der Waals surface area contributed by atoms with E-state index in [1.54, 1.807) is 11.0 Å². The van der Waals surface area contributed by atoms with Gasteiger partial charge in [0.1, 0.15) is 0 Å². The van der Waals surface area contributed by atoms with Gasteiger partial charge in [-0.3, -0.25) is 14.5 Å². The molecule has 0 bridgehead atoms. The first kappa shape index (κ1) is 23.6. The van der Waals surface area contributed by atoms with Crippen LogP contribution in [0.2, 0.25) is 0 Å². The van der Waals surface area contributed by atoms with Crippen molar-refractivity contribution >= 4 is 11.8 Å². The van der Waals surface area contributed by atoms with Crippen molar-refractivity contribution in [1.82, 2.24) is 15.5 Å². The Morgan fingerprint density at radius 2 is 1.79 bits per heavy atom. The molecule has 0 atom stereocenters. The Morgan fingerprint density at radius 3 is 2.32 bits per heavy atom. The first-order chi connectivity index (χ1) is 13.0. The number of nitrogens with zero attached hydrogens (tertiary/aromatic N) is 1. The number of carbonyl (C=O) groups is 2. The molecule has 0 saturated carbocycles. The predicted molar refractivity (Wildman–Crippen MR) is 101 cm³/mol. The van der Waals surface area contributed by atoms with E-state index in [1.807, 2.05) is 27.7 Å². The van der Waals surface area contributed by atoms with Gasteiger partial charge in [0.15, 0.2) is 11.5 Å². The van der Waals surface area contributed by atoms with Gasteiger partial charge >= 0.3 is 6.61 Å². The number of hydrogen-bond donors (Lipinski definition) is 2. The highest BCUT2D eigenvalue weighted by Gasteiger charge is 2.18. The molecule has 0 fully saturated rings. The van der Waals surface area contributed by atoms with E-state index in [9.17, 15) is 18.4 Å². The van der Waals surface area contributed by atoms with Gasteiger partial charge in [-0.1, -0.05) is 13.0 Å². The van der Waals surface area contributed by atoms with Gasteiger partial charge in [-0.25, -0.2) is 0 Å². The van der Waals surface area contributed by atoms with Gasteiger partial charge in [0, 0.05) is 12.1 Å². The Labute approximate surface area is 164 Å². The first-order valence-electron chi connectivity index (χ1n) is 8.95. The van der Waals surface area contributed by atoms with Crippen LogP contribution in [0.5, 0.6) is 11.5 Å². The fourth-order valence-corrected chi connectivity index (χ4v) is 2.42. The van der Waals surface area contributed by atoms with Gasteiger partial charge in [0.05, 0.1) is 20.2 Å². The average molecular weight is 401 g/mol. The minimum Gasteiger partial charge on any atom is -0.493 e. The number of nitrogens with one attached hydrogen (secondary N) is 2. The van der Waals surface area contributed by atoms with Crippen molar-refractivity contribution in [3.05, 3.63) is 23.8 Å². The quantitative estimate of drug-likeness (QED) is 0.628. The van der Waals surface area contributed by atoms with E-state index >= 15 is 0 Å². The van der Waals surface area contributed by atoms with Crippen LogP contribution in [-0.2, 0) is 16.1 Å². The zero-order valence-electron chi connectivity index (χ0n) is 17.0. The molecule has 0 spiro atoms. The lowest BCUT2D eigenvalue weighted by Crippen LogP contribution is -2.47. The van der Waals surface area contributed by atoms with E-state index in [4.69, 9.17) is 4.74 Å². The first-order valence-corrected chi connectivity index (χ1v) is 8.95. The van der Waals surface area contributed by atoms with Gasteiger partial charge in [-0.05, 0) is 45.0 Å². The zero-order valence-corrected chi connectivity index (χ0v) is 17.0. The lowest BCUT2D eigenvalue weighted by Gasteiger charge is -2.24. The van der Waals surface area contributed by atoms with Crippen molar-refractivity contribution < 1.29 is 27.8 Å². The van der Waals surface area contributed by atoms with Gasteiger partial charge in [-0.15, -0.1) is 0 Å². The van der Waals surface area contributed by atoms with E-state index in [-0.39, 0.29) is 48.5 Å². The summed E-state index contributed by atoms with van der Waals surface area (Å²) >= 11 is 0. The number of amides is 2. The Balaban J connectivity index is 2.57. The standard InChI is InChI=1S/C19H29F2N3O4/c1-6-24(12-17(26)23-19(2,3)4)11-16(25)22-10-13-7-8-14(28-18(20)21)15(9-13)27-5/h7-9,18H,6,10-12H2,1-5H3,(H,22,25)(H,23,26). The lowest BCUT2D eigenvalue weighted by molar-refractivity contribution is -0.125. The summed E-state index contributed by atoms with van der Waals surface area (Å²) in [6.07, 6.45) is 0. The van der Waals surface area contributed by atoms with E-state index in [0.29, 0.717) is 12.1 Å². The largest absolute Gasteiger partial charge is 0.493 e. The third kappa shape index (κ3) is 8.98. The number of ether oxygens (including phenoxy) is 2. The summed E-state index contributed by atoms with van der Waals surface area (Å²) in [4.78, 5) is 25.9. The SMILES string of the molecule is CCN(CC(=O)NCc1ccc(OC(F)F)c(OC)c1)CC(=O)NC(C)(C)C. The monoisotopic (exact) mass is 401 g/mol. The molecular weight excluding hydrogens is 372 g/mol. The number of halogens is 2. The van der Waals surface area contributed by atoms with Gasteiger partial charge in [-0.2, -0.15) is 8.78 Å². The fraction of sp³-hybridized carbons (Fsp3) is 0.579. The minimum atomic E-state index is -2.95. The molecule has 0 heterocycles. The molecule has 9 heteroatoms.